The molecule has 0 amide bonds. The Balaban J connectivity index is 1.46. The van der Waals surface area contributed by atoms with Gasteiger partial charge in [-0.05, 0) is 173 Å². The highest BCUT2D eigenvalue weighted by Gasteiger charge is 2.63. The van der Waals surface area contributed by atoms with Gasteiger partial charge in [0, 0.05) is 5.16 Å². The molecular weight excluding hydrogens is 590 g/mol. The molecule has 258 valence electrons. The molecule has 9 rings (SSSR count). The Labute approximate surface area is 289 Å². The summed E-state index contributed by atoms with van der Waals surface area (Å²) in [5.74, 6) is 6.27. The summed E-state index contributed by atoms with van der Waals surface area (Å²) in [7, 11) is 3.45. The summed E-state index contributed by atoms with van der Waals surface area (Å²) in [6.07, 6.45) is 20.4. The normalized spacial score (nSPS) is 38.1. The van der Waals surface area contributed by atoms with Crippen molar-refractivity contribution in [1.29, 1.82) is 0 Å². The van der Waals surface area contributed by atoms with Gasteiger partial charge in [0.15, 0.2) is 0 Å². The van der Waals surface area contributed by atoms with Crippen LogP contribution in [0.1, 0.15) is 182 Å². The monoisotopic (exact) mass is 663 g/mol. The van der Waals surface area contributed by atoms with E-state index in [-0.39, 0.29) is 34.7 Å². The lowest BCUT2D eigenvalue weighted by molar-refractivity contribution is 0.0184. The molecule has 2 heteroatoms. The first-order valence-corrected chi connectivity index (χ1v) is 21.9. The average molecular weight is 663 g/mol. The minimum Gasteiger partial charge on any atom is -0.125 e. The van der Waals surface area contributed by atoms with Crippen molar-refractivity contribution in [1.82, 2.24) is 0 Å². The van der Waals surface area contributed by atoms with Gasteiger partial charge in [-0.2, -0.15) is 0 Å². The lowest BCUT2D eigenvalue weighted by Gasteiger charge is -2.68. The van der Waals surface area contributed by atoms with Crippen LogP contribution in [0.3, 0.4) is 0 Å². The van der Waals surface area contributed by atoms with Gasteiger partial charge in [-0.1, -0.05) is 103 Å². The van der Waals surface area contributed by atoms with Crippen LogP contribution >= 0.6 is 17.2 Å². The summed E-state index contributed by atoms with van der Waals surface area (Å²) in [5.41, 5.74) is 7.16. The van der Waals surface area contributed by atoms with Crippen molar-refractivity contribution in [2.75, 3.05) is 0 Å². The highest BCUT2D eigenvalue weighted by atomic mass is 31.1. The van der Waals surface area contributed by atoms with Gasteiger partial charge >= 0.3 is 0 Å². The van der Waals surface area contributed by atoms with Crippen molar-refractivity contribution in [3.05, 3.63) is 34.4 Å². The Morgan fingerprint density at radius 1 is 0.522 bits per heavy atom. The van der Waals surface area contributed by atoms with E-state index < -0.39 is 0 Å². The zero-order valence-corrected chi connectivity index (χ0v) is 34.4. The predicted molar refractivity (Wildman–Crippen MR) is 207 cm³/mol. The molecule has 0 radical (unpaired) electrons. The standard InChI is InChI=1S/C44H72P2/c1-38(2,3)36-19-34(35(20-37(36)39(4,5)6)44(45,40(7,8)9)41(10,11)12)27-46(42-21-28-13-29(22-42)15-30(14-28)23-42)43-24-31-16-32(25-43)18-33(17-31)26-43/h19-20,28-33H,13-18,21-27,45H2,1-12H3. The fourth-order valence-electron chi connectivity index (χ4n) is 14.1. The van der Waals surface area contributed by atoms with E-state index in [0.29, 0.717) is 10.3 Å². The molecule has 8 aliphatic rings. The second-order valence-corrected chi connectivity index (χ2v) is 26.7. The number of hydrogen-bond acceptors (Lipinski definition) is 0. The van der Waals surface area contributed by atoms with Crippen molar-refractivity contribution in [2.45, 2.75) is 193 Å². The van der Waals surface area contributed by atoms with E-state index in [4.69, 9.17) is 0 Å². The third kappa shape index (κ3) is 5.49. The van der Waals surface area contributed by atoms with E-state index in [0.717, 1.165) is 35.5 Å². The predicted octanol–water partition coefficient (Wildman–Crippen LogP) is 13.4. The van der Waals surface area contributed by atoms with Crippen LogP contribution < -0.4 is 0 Å². The molecule has 1 aromatic carbocycles. The zero-order valence-electron chi connectivity index (χ0n) is 32.3. The first-order chi connectivity index (χ1) is 21.0. The van der Waals surface area contributed by atoms with E-state index >= 15 is 0 Å². The number of hydrogen-bond donors (Lipinski definition) is 0. The molecule has 0 aliphatic heterocycles. The molecule has 0 saturated heterocycles. The molecule has 0 nitrogen and oxygen atoms in total. The van der Waals surface area contributed by atoms with E-state index in [1.807, 2.05) is 0 Å². The van der Waals surface area contributed by atoms with Gasteiger partial charge in [-0.3, -0.25) is 0 Å². The first kappa shape index (κ1) is 34.5. The number of benzene rings is 1. The maximum Gasteiger partial charge on any atom is 0.0197 e. The minimum absolute atomic E-state index is 0.0182. The van der Waals surface area contributed by atoms with E-state index in [9.17, 15) is 0 Å². The molecule has 8 saturated carbocycles. The maximum atomic E-state index is 3.57. The molecule has 8 bridgehead atoms. The van der Waals surface area contributed by atoms with Crippen LogP contribution in [0, 0.1) is 46.3 Å². The Morgan fingerprint density at radius 2 is 0.826 bits per heavy atom. The van der Waals surface area contributed by atoms with Crippen LogP contribution in [-0.4, -0.2) is 10.3 Å². The van der Waals surface area contributed by atoms with E-state index in [2.05, 4.69) is 104 Å². The molecule has 0 aromatic heterocycles. The van der Waals surface area contributed by atoms with Gasteiger partial charge in [0.05, 0.1) is 0 Å². The largest absolute Gasteiger partial charge is 0.125 e. The van der Waals surface area contributed by atoms with Crippen molar-refractivity contribution in [3.8, 4) is 0 Å². The van der Waals surface area contributed by atoms with Gasteiger partial charge in [0.2, 0.25) is 0 Å². The molecule has 46 heavy (non-hydrogen) atoms. The second kappa shape index (κ2) is 10.8. The fourth-order valence-corrected chi connectivity index (χ4v) is 19.5. The third-order valence-electron chi connectivity index (χ3n) is 15.1. The summed E-state index contributed by atoms with van der Waals surface area (Å²) in [6, 6.07) is 5.65. The summed E-state index contributed by atoms with van der Waals surface area (Å²) >= 11 is 0. The molecular formula is C44H72P2. The lowest BCUT2D eigenvalue weighted by atomic mass is 9.55. The average Bonchev–Trinajstić information content (AvgIpc) is 2.86. The minimum atomic E-state index is -0.115. The highest BCUT2D eigenvalue weighted by Crippen LogP contribution is 2.80. The molecule has 8 fully saturated rings. The van der Waals surface area contributed by atoms with Crippen LogP contribution in [0.2, 0.25) is 0 Å². The summed E-state index contributed by atoms with van der Waals surface area (Å²) in [5, 5.41) is 1.30. The third-order valence-corrected chi connectivity index (χ3v) is 21.2. The van der Waals surface area contributed by atoms with Gasteiger partial charge < -0.3 is 0 Å². The van der Waals surface area contributed by atoms with Crippen LogP contribution in [0.25, 0.3) is 0 Å². The second-order valence-electron chi connectivity index (χ2n) is 22.7. The molecule has 1 unspecified atom stereocenters. The molecule has 0 spiro atoms. The summed E-state index contributed by atoms with van der Waals surface area (Å²) in [4.78, 5) is 0. The SMILES string of the molecule is CC(C)(C)c1cc(CP(C23CC4CC(CC(C4)C2)C3)C23CC4CC(CC(C4)C2)C3)c(C(P)(C(C)(C)C)C(C)(C)C)cc1C(C)(C)C. The van der Waals surface area contributed by atoms with Gasteiger partial charge in [0.1, 0.15) is 0 Å². The molecule has 0 N–H and O–H groups in total. The quantitative estimate of drug-likeness (QED) is 0.275. The molecule has 8 aliphatic carbocycles. The van der Waals surface area contributed by atoms with Crippen LogP contribution in [0.4, 0.5) is 0 Å². The fraction of sp³-hybridized carbons (Fsp3) is 0.864. The maximum absolute atomic E-state index is 3.57. The zero-order chi connectivity index (χ0) is 33.5. The molecule has 1 atom stereocenters. The van der Waals surface area contributed by atoms with Crippen molar-refractivity contribution >= 4 is 17.2 Å². The smallest absolute Gasteiger partial charge is 0.0197 e. The van der Waals surface area contributed by atoms with Gasteiger partial charge in [0.25, 0.3) is 0 Å². The topological polar surface area (TPSA) is 0 Å². The van der Waals surface area contributed by atoms with E-state index in [1.54, 1.807) is 99.3 Å². The van der Waals surface area contributed by atoms with Crippen LogP contribution in [0.15, 0.2) is 12.1 Å². The van der Waals surface area contributed by atoms with Gasteiger partial charge in [-0.25, -0.2) is 0 Å². The van der Waals surface area contributed by atoms with Crippen LogP contribution in [-0.2, 0) is 22.1 Å². The van der Waals surface area contributed by atoms with Crippen molar-refractivity contribution in [2.24, 2.45) is 46.3 Å². The van der Waals surface area contributed by atoms with Crippen molar-refractivity contribution < 1.29 is 0 Å². The number of rotatable bonds is 5. The van der Waals surface area contributed by atoms with E-state index in [1.165, 1.54) is 6.16 Å². The van der Waals surface area contributed by atoms with Crippen LogP contribution in [0.5, 0.6) is 0 Å². The Hall–Kier alpha value is 0.0800. The summed E-state index contributed by atoms with van der Waals surface area (Å²) < 4.78 is 0. The lowest BCUT2D eigenvalue weighted by Crippen LogP contribution is -2.56. The molecule has 0 heterocycles. The summed E-state index contributed by atoms with van der Waals surface area (Å²) in [6.45, 7) is 30.1. The molecule has 1 aromatic rings. The Morgan fingerprint density at radius 3 is 1.11 bits per heavy atom. The highest BCUT2D eigenvalue weighted by molar-refractivity contribution is 7.60. The first-order valence-electron chi connectivity index (χ1n) is 19.8. The Bertz CT molecular complexity index is 1210. The van der Waals surface area contributed by atoms with Crippen molar-refractivity contribution in [3.63, 3.8) is 0 Å². The Kier molecular flexibility index (Phi) is 8.10. The van der Waals surface area contributed by atoms with Gasteiger partial charge in [-0.15, -0.1) is 9.24 Å².